The van der Waals surface area contributed by atoms with Gasteiger partial charge in [0.25, 0.3) is 0 Å². The highest BCUT2D eigenvalue weighted by atomic mass is 16.1. The van der Waals surface area contributed by atoms with E-state index in [4.69, 9.17) is 0 Å². The second kappa shape index (κ2) is 4.52. The summed E-state index contributed by atoms with van der Waals surface area (Å²) >= 11 is 0. The zero-order valence-corrected chi connectivity index (χ0v) is 11.1. The van der Waals surface area contributed by atoms with Crippen LogP contribution in [0, 0.1) is 0 Å². The second-order valence-corrected chi connectivity index (χ2v) is 4.86. The van der Waals surface area contributed by atoms with Crippen molar-refractivity contribution in [2.45, 2.75) is 0 Å². The van der Waals surface area contributed by atoms with Crippen LogP contribution in [0.1, 0.15) is 0 Å². The highest BCUT2D eigenvalue weighted by Crippen LogP contribution is 2.28. The number of aromatic nitrogens is 3. The summed E-state index contributed by atoms with van der Waals surface area (Å²) < 4.78 is 1.41. The summed E-state index contributed by atoms with van der Waals surface area (Å²) in [6.07, 6.45) is 3.96. The third-order valence-electron chi connectivity index (χ3n) is 3.56. The topological polar surface area (TPSA) is 47.8 Å². The first-order valence-electron chi connectivity index (χ1n) is 6.63. The van der Waals surface area contributed by atoms with Gasteiger partial charge >= 0.3 is 0 Å². The molecule has 0 aliphatic heterocycles. The van der Waals surface area contributed by atoms with Crippen LogP contribution < -0.4 is 0 Å². The maximum atomic E-state index is 10.8. The number of benzene rings is 2. The van der Waals surface area contributed by atoms with Gasteiger partial charge in [0.1, 0.15) is 6.33 Å². The molecule has 2 aromatic carbocycles. The van der Waals surface area contributed by atoms with E-state index in [2.05, 4.69) is 16.0 Å². The van der Waals surface area contributed by atoms with E-state index in [1.807, 2.05) is 42.5 Å². The average molecular weight is 273 g/mol. The molecule has 0 saturated carbocycles. The van der Waals surface area contributed by atoms with Crippen LogP contribution >= 0.6 is 0 Å². The standard InChI is InChI=1S/C17H11N3O/c21-11-20-9-17(18-10-20)13-5-3-7-16-14(13)8-12-4-1-2-6-15(12)19-16/h1-11H. The summed E-state index contributed by atoms with van der Waals surface area (Å²) in [7, 11) is 0. The van der Waals surface area contributed by atoms with Crippen molar-refractivity contribution in [2.75, 3.05) is 0 Å². The lowest BCUT2D eigenvalue weighted by molar-refractivity contribution is 0.547. The fourth-order valence-corrected chi connectivity index (χ4v) is 2.56. The van der Waals surface area contributed by atoms with E-state index in [1.165, 1.54) is 10.9 Å². The van der Waals surface area contributed by atoms with Crippen LogP contribution in [-0.4, -0.2) is 20.9 Å². The van der Waals surface area contributed by atoms with Gasteiger partial charge in [0.2, 0.25) is 6.41 Å². The molecule has 0 unspecified atom stereocenters. The van der Waals surface area contributed by atoms with Gasteiger partial charge in [-0.1, -0.05) is 30.3 Å². The van der Waals surface area contributed by atoms with Crippen molar-refractivity contribution < 1.29 is 4.79 Å². The smallest absolute Gasteiger partial charge is 0.219 e. The molecule has 4 aromatic rings. The van der Waals surface area contributed by atoms with Crippen molar-refractivity contribution in [3.05, 3.63) is 61.1 Å². The van der Waals surface area contributed by atoms with Crippen molar-refractivity contribution in [1.82, 2.24) is 14.5 Å². The van der Waals surface area contributed by atoms with Gasteiger partial charge in [0.05, 0.1) is 16.7 Å². The van der Waals surface area contributed by atoms with E-state index in [1.54, 1.807) is 6.20 Å². The largest absolute Gasteiger partial charge is 0.278 e. The molecule has 0 aliphatic rings. The first kappa shape index (κ1) is 11.8. The minimum atomic E-state index is 0.731. The summed E-state index contributed by atoms with van der Waals surface area (Å²) in [4.78, 5) is 19.8. The lowest BCUT2D eigenvalue weighted by atomic mass is 10.0. The quantitative estimate of drug-likeness (QED) is 0.416. The SMILES string of the molecule is O=Cn1cnc(-c2cccc3nc4ccccc4cc23)c1. The number of nitrogens with zero attached hydrogens (tertiary/aromatic N) is 3. The molecule has 0 atom stereocenters. The summed E-state index contributed by atoms with van der Waals surface area (Å²) in [6.45, 7) is 0. The van der Waals surface area contributed by atoms with Crippen molar-refractivity contribution >= 4 is 28.2 Å². The van der Waals surface area contributed by atoms with Crippen molar-refractivity contribution in [1.29, 1.82) is 0 Å². The lowest BCUT2D eigenvalue weighted by Gasteiger charge is -2.05. The molecule has 0 saturated heterocycles. The van der Waals surface area contributed by atoms with Gasteiger partial charge in [-0.25, -0.2) is 9.97 Å². The molecule has 0 amide bonds. The fraction of sp³-hybridized carbons (Fsp3) is 0. The summed E-state index contributed by atoms with van der Waals surface area (Å²) in [6, 6.07) is 16.1. The number of imidazole rings is 1. The number of hydrogen-bond donors (Lipinski definition) is 0. The third-order valence-corrected chi connectivity index (χ3v) is 3.56. The summed E-state index contributed by atoms with van der Waals surface area (Å²) in [5.74, 6) is 0. The molecular formula is C17H11N3O. The Morgan fingerprint density at radius 3 is 2.71 bits per heavy atom. The fourth-order valence-electron chi connectivity index (χ4n) is 2.56. The van der Waals surface area contributed by atoms with Crippen LogP contribution in [0.5, 0.6) is 0 Å². The molecule has 0 spiro atoms. The zero-order chi connectivity index (χ0) is 14.2. The molecule has 4 nitrogen and oxygen atoms in total. The van der Waals surface area contributed by atoms with Crippen LogP contribution in [0.25, 0.3) is 33.1 Å². The van der Waals surface area contributed by atoms with Crippen LogP contribution in [0.15, 0.2) is 61.1 Å². The Labute approximate surface area is 120 Å². The third kappa shape index (κ3) is 1.89. The van der Waals surface area contributed by atoms with Crippen LogP contribution in [0.4, 0.5) is 0 Å². The molecule has 0 aliphatic carbocycles. The Morgan fingerprint density at radius 1 is 1.00 bits per heavy atom. The minimum Gasteiger partial charge on any atom is -0.278 e. The highest BCUT2D eigenvalue weighted by molar-refractivity contribution is 6.00. The van der Waals surface area contributed by atoms with Gasteiger partial charge < -0.3 is 0 Å². The number of carbonyl (C=O) groups excluding carboxylic acids is 1. The maximum absolute atomic E-state index is 10.8. The van der Waals surface area contributed by atoms with E-state index >= 15 is 0 Å². The monoisotopic (exact) mass is 273 g/mol. The molecule has 2 aromatic heterocycles. The molecule has 4 heteroatoms. The molecular weight excluding hydrogens is 262 g/mol. The van der Waals surface area contributed by atoms with Gasteiger partial charge in [-0.05, 0) is 18.2 Å². The molecule has 100 valence electrons. The zero-order valence-electron chi connectivity index (χ0n) is 11.1. The van der Waals surface area contributed by atoms with Crippen molar-refractivity contribution in [3.8, 4) is 11.3 Å². The summed E-state index contributed by atoms with van der Waals surface area (Å²) in [5.41, 5.74) is 3.64. The number of fused-ring (bicyclic) bond motifs is 2. The predicted octanol–water partition coefficient (Wildman–Crippen LogP) is 3.29. The first-order valence-corrected chi connectivity index (χ1v) is 6.63. The Kier molecular flexibility index (Phi) is 2.54. The van der Waals surface area contributed by atoms with Crippen molar-refractivity contribution in [2.24, 2.45) is 0 Å². The minimum absolute atomic E-state index is 0.731. The Bertz CT molecular complexity index is 972. The van der Waals surface area contributed by atoms with E-state index < -0.39 is 0 Å². The van der Waals surface area contributed by atoms with Gasteiger partial charge in [0, 0.05) is 22.5 Å². The molecule has 0 N–H and O–H groups in total. The van der Waals surface area contributed by atoms with Crippen molar-refractivity contribution in [3.63, 3.8) is 0 Å². The highest BCUT2D eigenvalue weighted by Gasteiger charge is 2.08. The van der Waals surface area contributed by atoms with E-state index in [-0.39, 0.29) is 0 Å². The average Bonchev–Trinajstić information content (AvgIpc) is 3.01. The predicted molar refractivity (Wildman–Crippen MR) is 82.6 cm³/mol. The Morgan fingerprint density at radius 2 is 1.86 bits per heavy atom. The number of carbonyl (C=O) groups is 1. The molecule has 0 radical (unpaired) electrons. The van der Waals surface area contributed by atoms with E-state index in [0.29, 0.717) is 0 Å². The van der Waals surface area contributed by atoms with E-state index in [9.17, 15) is 4.79 Å². The van der Waals surface area contributed by atoms with Crippen LogP contribution in [0.3, 0.4) is 0 Å². The number of rotatable bonds is 2. The van der Waals surface area contributed by atoms with Gasteiger partial charge in [0.15, 0.2) is 0 Å². The van der Waals surface area contributed by atoms with Gasteiger partial charge in [-0.3, -0.25) is 9.36 Å². The van der Waals surface area contributed by atoms with Crippen LogP contribution in [0.2, 0.25) is 0 Å². The van der Waals surface area contributed by atoms with Gasteiger partial charge in [-0.2, -0.15) is 0 Å². The second-order valence-electron chi connectivity index (χ2n) is 4.86. The number of para-hydroxylation sites is 1. The lowest BCUT2D eigenvalue weighted by Crippen LogP contribution is -1.88. The summed E-state index contributed by atoms with van der Waals surface area (Å²) in [5, 5.41) is 2.12. The Balaban J connectivity index is 2.04. The molecule has 2 heterocycles. The number of hydrogen-bond acceptors (Lipinski definition) is 3. The number of pyridine rings is 1. The van der Waals surface area contributed by atoms with E-state index in [0.717, 1.165) is 39.5 Å². The maximum Gasteiger partial charge on any atom is 0.219 e. The molecule has 0 bridgehead atoms. The molecule has 0 fully saturated rings. The first-order chi connectivity index (χ1) is 10.3. The Hall–Kier alpha value is -3.01. The van der Waals surface area contributed by atoms with Gasteiger partial charge in [-0.15, -0.1) is 0 Å². The van der Waals surface area contributed by atoms with Crippen LogP contribution in [-0.2, 0) is 4.79 Å². The molecule has 21 heavy (non-hydrogen) atoms. The normalized spacial score (nSPS) is 11.0. The molecule has 4 rings (SSSR count).